The molecule has 1 fully saturated rings. The number of aromatic nitrogens is 1. The number of aliphatic hydroxyl groups is 1. The molecule has 4 rings (SSSR count). The summed E-state index contributed by atoms with van der Waals surface area (Å²) >= 11 is 0. The normalized spacial score (nSPS) is 20.7. The minimum atomic E-state index is -0.238. The Morgan fingerprint density at radius 1 is 0.808 bits per heavy atom. The first-order valence-corrected chi connectivity index (χ1v) is 9.79. The van der Waals surface area contributed by atoms with E-state index in [0.717, 1.165) is 25.7 Å². The Morgan fingerprint density at radius 3 is 2.27 bits per heavy atom. The molecule has 1 aliphatic carbocycles. The minimum Gasteiger partial charge on any atom is -0.391 e. The summed E-state index contributed by atoms with van der Waals surface area (Å²) in [6.45, 7) is 0. The Labute approximate surface area is 156 Å². The molecule has 0 aliphatic heterocycles. The molecule has 1 heterocycles. The van der Waals surface area contributed by atoms with E-state index < -0.39 is 0 Å². The first kappa shape index (κ1) is 17.1. The Morgan fingerprint density at radius 2 is 1.50 bits per heavy atom. The van der Waals surface area contributed by atoms with Crippen molar-refractivity contribution in [2.75, 3.05) is 0 Å². The standard InChI is InChI=1S/C24H27NO/c26-24-15-9-3-8-14-23(24)25-17-21(16-19-10-4-1-5-11-19)22(18-25)20-12-6-2-7-13-20/h1-2,4-7,10-13,17-18,23-24,26H,3,8-9,14-16H2/t23-,24+/m1/s1. The van der Waals surface area contributed by atoms with Gasteiger partial charge < -0.3 is 9.67 Å². The molecule has 26 heavy (non-hydrogen) atoms. The number of hydrogen-bond donors (Lipinski definition) is 1. The lowest BCUT2D eigenvalue weighted by molar-refractivity contribution is 0.105. The van der Waals surface area contributed by atoms with Crippen molar-refractivity contribution in [1.82, 2.24) is 4.57 Å². The van der Waals surface area contributed by atoms with E-state index >= 15 is 0 Å². The van der Waals surface area contributed by atoms with Gasteiger partial charge in [-0.1, -0.05) is 79.9 Å². The number of benzene rings is 2. The Hall–Kier alpha value is -2.32. The molecular formula is C24H27NO. The van der Waals surface area contributed by atoms with Crippen LogP contribution in [0.4, 0.5) is 0 Å². The summed E-state index contributed by atoms with van der Waals surface area (Å²) in [4.78, 5) is 0. The van der Waals surface area contributed by atoms with Crippen LogP contribution in [0.3, 0.4) is 0 Å². The van der Waals surface area contributed by atoms with E-state index in [0.29, 0.717) is 0 Å². The van der Waals surface area contributed by atoms with Crippen molar-refractivity contribution in [2.45, 2.75) is 50.7 Å². The van der Waals surface area contributed by atoms with Crippen molar-refractivity contribution in [1.29, 1.82) is 0 Å². The molecule has 0 saturated heterocycles. The van der Waals surface area contributed by atoms with Crippen LogP contribution in [0.15, 0.2) is 73.1 Å². The van der Waals surface area contributed by atoms with Crippen LogP contribution in [-0.2, 0) is 6.42 Å². The molecule has 2 nitrogen and oxygen atoms in total. The topological polar surface area (TPSA) is 25.2 Å². The maximum absolute atomic E-state index is 10.6. The fourth-order valence-electron chi connectivity index (χ4n) is 4.16. The van der Waals surface area contributed by atoms with Gasteiger partial charge in [0.1, 0.15) is 0 Å². The zero-order valence-electron chi connectivity index (χ0n) is 15.2. The van der Waals surface area contributed by atoms with Crippen LogP contribution < -0.4 is 0 Å². The molecule has 0 radical (unpaired) electrons. The fourth-order valence-corrected chi connectivity index (χ4v) is 4.16. The van der Waals surface area contributed by atoms with Crippen LogP contribution >= 0.6 is 0 Å². The van der Waals surface area contributed by atoms with Crippen molar-refractivity contribution in [3.05, 3.63) is 84.2 Å². The van der Waals surface area contributed by atoms with Crippen LogP contribution in [0.25, 0.3) is 11.1 Å². The molecule has 134 valence electrons. The van der Waals surface area contributed by atoms with Crippen molar-refractivity contribution in [2.24, 2.45) is 0 Å². The van der Waals surface area contributed by atoms with Gasteiger partial charge in [-0.15, -0.1) is 0 Å². The third-order valence-electron chi connectivity index (χ3n) is 5.58. The third-order valence-corrected chi connectivity index (χ3v) is 5.58. The zero-order valence-corrected chi connectivity index (χ0v) is 15.2. The summed E-state index contributed by atoms with van der Waals surface area (Å²) < 4.78 is 2.29. The van der Waals surface area contributed by atoms with Crippen LogP contribution in [0.5, 0.6) is 0 Å². The molecule has 0 spiro atoms. The van der Waals surface area contributed by atoms with Gasteiger partial charge in [-0.3, -0.25) is 0 Å². The molecule has 2 heteroatoms. The monoisotopic (exact) mass is 345 g/mol. The summed E-state index contributed by atoms with van der Waals surface area (Å²) in [6.07, 6.45) is 10.8. The minimum absolute atomic E-state index is 0.199. The number of hydrogen-bond acceptors (Lipinski definition) is 1. The molecule has 1 aromatic heterocycles. The van der Waals surface area contributed by atoms with Crippen molar-refractivity contribution < 1.29 is 5.11 Å². The largest absolute Gasteiger partial charge is 0.391 e. The Bertz CT molecular complexity index is 822. The molecule has 2 atom stereocenters. The van der Waals surface area contributed by atoms with Crippen LogP contribution in [0, 0.1) is 0 Å². The van der Waals surface area contributed by atoms with Crippen molar-refractivity contribution in [3.8, 4) is 11.1 Å². The van der Waals surface area contributed by atoms with Crippen molar-refractivity contribution >= 4 is 0 Å². The van der Waals surface area contributed by atoms with Gasteiger partial charge in [0.25, 0.3) is 0 Å². The van der Waals surface area contributed by atoms with E-state index in [4.69, 9.17) is 0 Å². The lowest BCUT2D eigenvalue weighted by atomic mass is 9.99. The van der Waals surface area contributed by atoms with Crippen LogP contribution in [0.1, 0.15) is 49.3 Å². The maximum atomic E-state index is 10.6. The molecule has 0 unspecified atom stereocenters. The second-order valence-corrected chi connectivity index (χ2v) is 7.45. The number of rotatable bonds is 4. The van der Waals surface area contributed by atoms with Crippen LogP contribution in [0.2, 0.25) is 0 Å². The van der Waals surface area contributed by atoms with Gasteiger partial charge in [-0.25, -0.2) is 0 Å². The van der Waals surface area contributed by atoms with Gasteiger partial charge in [0, 0.05) is 18.0 Å². The van der Waals surface area contributed by atoms with E-state index in [2.05, 4.69) is 77.6 Å². The zero-order chi connectivity index (χ0) is 17.8. The van der Waals surface area contributed by atoms with Gasteiger partial charge in [-0.05, 0) is 36.0 Å². The highest BCUT2D eigenvalue weighted by Crippen LogP contribution is 2.33. The summed E-state index contributed by atoms with van der Waals surface area (Å²) in [7, 11) is 0. The summed E-state index contributed by atoms with van der Waals surface area (Å²) in [5.74, 6) is 0. The van der Waals surface area contributed by atoms with E-state index in [1.807, 2.05) is 0 Å². The average Bonchev–Trinajstić information content (AvgIpc) is 2.96. The van der Waals surface area contributed by atoms with Crippen molar-refractivity contribution in [3.63, 3.8) is 0 Å². The number of nitrogens with zero attached hydrogens (tertiary/aromatic N) is 1. The van der Waals surface area contributed by atoms with Crippen LogP contribution in [-0.4, -0.2) is 15.8 Å². The fraction of sp³-hybridized carbons (Fsp3) is 0.333. The van der Waals surface area contributed by atoms with E-state index in [1.165, 1.54) is 35.1 Å². The summed E-state index contributed by atoms with van der Waals surface area (Å²) in [6, 6.07) is 21.5. The molecule has 0 amide bonds. The third kappa shape index (κ3) is 3.76. The van der Waals surface area contributed by atoms with Gasteiger partial charge in [-0.2, -0.15) is 0 Å². The molecule has 0 bridgehead atoms. The first-order chi connectivity index (χ1) is 12.8. The van der Waals surface area contributed by atoms with Gasteiger partial charge in [0.15, 0.2) is 0 Å². The molecule has 3 aromatic rings. The van der Waals surface area contributed by atoms with Gasteiger partial charge >= 0.3 is 0 Å². The number of aliphatic hydroxyl groups excluding tert-OH is 1. The first-order valence-electron chi connectivity index (χ1n) is 9.79. The Kier molecular flexibility index (Phi) is 5.21. The maximum Gasteiger partial charge on any atom is 0.0747 e. The highest BCUT2D eigenvalue weighted by Gasteiger charge is 2.24. The lowest BCUT2D eigenvalue weighted by Crippen LogP contribution is -2.21. The van der Waals surface area contributed by atoms with E-state index in [1.54, 1.807) is 0 Å². The van der Waals surface area contributed by atoms with E-state index in [-0.39, 0.29) is 12.1 Å². The lowest BCUT2D eigenvalue weighted by Gasteiger charge is -2.22. The van der Waals surface area contributed by atoms with E-state index in [9.17, 15) is 5.11 Å². The molecule has 1 saturated carbocycles. The summed E-state index contributed by atoms with van der Waals surface area (Å²) in [5.41, 5.74) is 5.19. The highest BCUT2D eigenvalue weighted by atomic mass is 16.3. The quantitative estimate of drug-likeness (QED) is 0.611. The summed E-state index contributed by atoms with van der Waals surface area (Å²) in [5, 5.41) is 10.6. The SMILES string of the molecule is O[C@H]1CCCCC[C@H]1n1cc(Cc2ccccc2)c(-c2ccccc2)c1. The van der Waals surface area contributed by atoms with Gasteiger partial charge in [0.05, 0.1) is 12.1 Å². The predicted octanol–water partition coefficient (Wildman–Crippen LogP) is 5.61. The Balaban J connectivity index is 1.72. The molecular weight excluding hydrogens is 318 g/mol. The molecule has 2 aromatic carbocycles. The predicted molar refractivity (Wildman–Crippen MR) is 107 cm³/mol. The molecule has 1 N–H and O–H groups in total. The second-order valence-electron chi connectivity index (χ2n) is 7.45. The highest BCUT2D eigenvalue weighted by molar-refractivity contribution is 5.67. The van der Waals surface area contributed by atoms with Gasteiger partial charge in [0.2, 0.25) is 0 Å². The average molecular weight is 345 g/mol. The smallest absolute Gasteiger partial charge is 0.0747 e. The second kappa shape index (κ2) is 7.92. The molecule has 1 aliphatic rings.